The van der Waals surface area contributed by atoms with Crippen molar-refractivity contribution in [3.05, 3.63) is 94.5 Å². The first-order valence-corrected chi connectivity index (χ1v) is 12.1. The van der Waals surface area contributed by atoms with Crippen LogP contribution in [0.5, 0.6) is 5.75 Å². The molecule has 0 aliphatic rings. The van der Waals surface area contributed by atoms with Crippen LogP contribution >= 0.6 is 8.58 Å². The molecular formula is C28H34NO2P. The lowest BCUT2D eigenvalue weighted by Gasteiger charge is -2.33. The van der Waals surface area contributed by atoms with Crippen LogP contribution < -0.4 is 10.0 Å². The van der Waals surface area contributed by atoms with Crippen molar-refractivity contribution < 1.29 is 9.47 Å². The Hall–Kier alpha value is -2.48. The van der Waals surface area contributed by atoms with Gasteiger partial charge in [0.15, 0.2) is 6.79 Å². The zero-order valence-electron chi connectivity index (χ0n) is 19.8. The highest BCUT2D eigenvalue weighted by atomic mass is 31.1. The number of para-hydroxylation sites is 1. The maximum Gasteiger partial charge on any atom is 0.188 e. The molecule has 4 heteroatoms. The van der Waals surface area contributed by atoms with Crippen LogP contribution in [0.2, 0.25) is 0 Å². The van der Waals surface area contributed by atoms with Gasteiger partial charge in [0.2, 0.25) is 0 Å². The smallest absolute Gasteiger partial charge is 0.188 e. The second-order valence-electron chi connectivity index (χ2n) is 8.24. The molecule has 0 radical (unpaired) electrons. The summed E-state index contributed by atoms with van der Waals surface area (Å²) in [5.74, 6) is 0.953. The van der Waals surface area contributed by atoms with Crippen molar-refractivity contribution >= 4 is 20.1 Å². The van der Waals surface area contributed by atoms with E-state index in [4.69, 9.17) is 9.47 Å². The molecule has 0 N–H and O–H groups in total. The fourth-order valence-corrected chi connectivity index (χ4v) is 5.63. The van der Waals surface area contributed by atoms with Crippen LogP contribution in [0.25, 0.3) is 0 Å². The molecule has 3 aromatic rings. The zero-order valence-corrected chi connectivity index (χ0v) is 20.8. The van der Waals surface area contributed by atoms with Crippen LogP contribution in [0.4, 0.5) is 0 Å². The highest BCUT2D eigenvalue weighted by Crippen LogP contribution is 2.49. The molecule has 0 aliphatic carbocycles. The van der Waals surface area contributed by atoms with E-state index >= 15 is 0 Å². The number of rotatable bonds is 10. The summed E-state index contributed by atoms with van der Waals surface area (Å²) < 4.78 is 11.5. The Morgan fingerprint density at radius 2 is 1.75 bits per heavy atom. The second kappa shape index (κ2) is 11.4. The Bertz CT molecular complexity index is 1050. The molecule has 0 bridgehead atoms. The third kappa shape index (κ3) is 5.65. The molecule has 0 heterocycles. The maximum atomic E-state index is 6.24. The Balaban J connectivity index is 2.08. The van der Waals surface area contributed by atoms with Crippen molar-refractivity contribution in [2.75, 3.05) is 21.0 Å². The second-order valence-corrected chi connectivity index (χ2v) is 10.1. The van der Waals surface area contributed by atoms with E-state index in [1.165, 1.54) is 33.1 Å². The van der Waals surface area contributed by atoms with Crippen LogP contribution in [-0.2, 0) is 16.3 Å². The minimum atomic E-state index is -0.0712. The van der Waals surface area contributed by atoms with E-state index in [-0.39, 0.29) is 11.9 Å². The van der Waals surface area contributed by atoms with Gasteiger partial charge in [0, 0.05) is 37.5 Å². The summed E-state index contributed by atoms with van der Waals surface area (Å²) in [6.07, 6.45) is 3.80. The topological polar surface area (TPSA) is 30.8 Å². The standard InChI is InChI=1S/C28H34NO2P/c1-6-28(3,32-27-21(2)12-10-16-24(27)19-29-4)25-17-11-15-23(26(25)31-20-30-5)18-22-13-8-7-9-14-22/h7-17,19,32H,6,18,20H2,1-5H3/b29-19+. The third-order valence-corrected chi connectivity index (χ3v) is 8.04. The van der Waals surface area contributed by atoms with Gasteiger partial charge in [-0.2, -0.15) is 0 Å². The highest BCUT2D eigenvalue weighted by molar-refractivity contribution is 7.49. The molecule has 2 atom stereocenters. The summed E-state index contributed by atoms with van der Waals surface area (Å²) >= 11 is 0. The normalized spacial score (nSPS) is 13.7. The molecule has 3 aromatic carbocycles. The Morgan fingerprint density at radius 1 is 1.00 bits per heavy atom. The highest BCUT2D eigenvalue weighted by Gasteiger charge is 2.31. The van der Waals surface area contributed by atoms with Crippen LogP contribution in [-0.4, -0.2) is 27.2 Å². The van der Waals surface area contributed by atoms with Gasteiger partial charge >= 0.3 is 0 Å². The van der Waals surface area contributed by atoms with E-state index in [9.17, 15) is 0 Å². The molecule has 0 amide bonds. The van der Waals surface area contributed by atoms with Gasteiger partial charge in [-0.1, -0.05) is 89.2 Å². The van der Waals surface area contributed by atoms with Crippen LogP contribution in [0.3, 0.4) is 0 Å². The number of aryl methyl sites for hydroxylation is 1. The van der Waals surface area contributed by atoms with Gasteiger partial charge < -0.3 is 9.47 Å². The van der Waals surface area contributed by atoms with Gasteiger partial charge in [-0.3, -0.25) is 4.99 Å². The van der Waals surface area contributed by atoms with Crippen LogP contribution in [0.15, 0.2) is 71.7 Å². The summed E-state index contributed by atoms with van der Waals surface area (Å²) in [4.78, 5) is 4.29. The van der Waals surface area contributed by atoms with Crippen LogP contribution in [0, 0.1) is 6.92 Å². The maximum absolute atomic E-state index is 6.24. The minimum absolute atomic E-state index is 0.0712. The third-order valence-electron chi connectivity index (χ3n) is 5.93. The zero-order chi connectivity index (χ0) is 23.0. The first-order chi connectivity index (χ1) is 15.5. The van der Waals surface area contributed by atoms with E-state index in [1.54, 1.807) is 7.11 Å². The average Bonchev–Trinajstić information content (AvgIpc) is 2.81. The van der Waals surface area contributed by atoms with Crippen molar-refractivity contribution in [1.82, 2.24) is 0 Å². The molecule has 0 fully saturated rings. The van der Waals surface area contributed by atoms with Crippen molar-refractivity contribution in [1.29, 1.82) is 0 Å². The Morgan fingerprint density at radius 3 is 2.44 bits per heavy atom. The van der Waals surface area contributed by atoms with Crippen molar-refractivity contribution in [2.45, 2.75) is 38.8 Å². The number of hydrogen-bond acceptors (Lipinski definition) is 3. The number of methoxy groups -OCH3 is 1. The summed E-state index contributed by atoms with van der Waals surface area (Å²) in [6, 6.07) is 23.6. The molecule has 168 valence electrons. The molecule has 0 aromatic heterocycles. The van der Waals surface area contributed by atoms with Gasteiger partial charge in [-0.25, -0.2) is 0 Å². The first kappa shape index (κ1) is 24.2. The Labute approximate surface area is 194 Å². The molecule has 0 spiro atoms. The predicted molar refractivity (Wildman–Crippen MR) is 138 cm³/mol. The number of aliphatic imine (C=N–C) groups is 1. The lowest BCUT2D eigenvalue weighted by molar-refractivity contribution is 0.0494. The molecule has 0 aliphatic heterocycles. The van der Waals surface area contributed by atoms with E-state index in [0.717, 1.165) is 18.6 Å². The molecule has 3 nitrogen and oxygen atoms in total. The molecule has 0 saturated heterocycles. The van der Waals surface area contributed by atoms with E-state index < -0.39 is 0 Å². The van der Waals surface area contributed by atoms with Gasteiger partial charge in [-0.15, -0.1) is 0 Å². The van der Waals surface area contributed by atoms with E-state index in [1.807, 2.05) is 13.3 Å². The number of ether oxygens (including phenoxy) is 2. The van der Waals surface area contributed by atoms with Gasteiger partial charge in [0.1, 0.15) is 5.75 Å². The monoisotopic (exact) mass is 447 g/mol. The number of benzene rings is 3. The lowest BCUT2D eigenvalue weighted by Crippen LogP contribution is -2.23. The fourth-order valence-electron chi connectivity index (χ4n) is 3.99. The van der Waals surface area contributed by atoms with Crippen LogP contribution in [0.1, 0.15) is 48.1 Å². The number of nitrogens with zero attached hydrogens (tertiary/aromatic N) is 1. The number of hydrogen-bond donors (Lipinski definition) is 0. The van der Waals surface area contributed by atoms with E-state index in [0.29, 0.717) is 8.58 Å². The quantitative estimate of drug-likeness (QED) is 0.209. The van der Waals surface area contributed by atoms with Gasteiger partial charge in [-0.05, 0) is 40.9 Å². The molecule has 2 unspecified atom stereocenters. The summed E-state index contributed by atoms with van der Waals surface area (Å²) in [6.45, 7) is 7.05. The van der Waals surface area contributed by atoms with Crippen molar-refractivity contribution in [3.63, 3.8) is 0 Å². The molecule has 3 rings (SSSR count). The minimum Gasteiger partial charge on any atom is -0.467 e. The largest absolute Gasteiger partial charge is 0.467 e. The molecular weight excluding hydrogens is 413 g/mol. The van der Waals surface area contributed by atoms with Crippen molar-refractivity contribution in [2.24, 2.45) is 4.99 Å². The molecule has 0 saturated carbocycles. The SMILES string of the molecule is CCC(C)(Pc1c(C)cccc1/C=N/C)c1cccc(Cc2ccccc2)c1OCOC. The van der Waals surface area contributed by atoms with Crippen molar-refractivity contribution in [3.8, 4) is 5.75 Å². The average molecular weight is 448 g/mol. The summed E-state index contributed by atoms with van der Waals surface area (Å²) in [5, 5.41) is 1.30. The lowest BCUT2D eigenvalue weighted by atomic mass is 9.92. The molecule has 32 heavy (non-hydrogen) atoms. The Kier molecular flexibility index (Phi) is 8.61. The summed E-state index contributed by atoms with van der Waals surface area (Å²) in [7, 11) is 4.09. The fraction of sp³-hybridized carbons (Fsp3) is 0.321. The first-order valence-electron chi connectivity index (χ1n) is 11.1. The van der Waals surface area contributed by atoms with Gasteiger partial charge in [0.25, 0.3) is 0 Å². The van der Waals surface area contributed by atoms with E-state index in [2.05, 4.69) is 92.5 Å². The van der Waals surface area contributed by atoms with Gasteiger partial charge in [0.05, 0.1) is 0 Å². The summed E-state index contributed by atoms with van der Waals surface area (Å²) in [5.41, 5.74) is 6.21. The predicted octanol–water partition coefficient (Wildman–Crippen LogP) is 6.25.